The molecular weight excluding hydrogens is 450 g/mol. The van der Waals surface area contributed by atoms with E-state index < -0.39 is 0 Å². The summed E-state index contributed by atoms with van der Waals surface area (Å²) in [5.41, 5.74) is 5.17. The molecule has 0 aromatic heterocycles. The van der Waals surface area contributed by atoms with Crippen molar-refractivity contribution in [2.75, 3.05) is 0 Å². The van der Waals surface area contributed by atoms with Crippen LogP contribution in [0.5, 0.6) is 0 Å². The van der Waals surface area contributed by atoms with Crippen molar-refractivity contribution in [2.45, 2.75) is 12.8 Å². The monoisotopic (exact) mass is 470 g/mol. The third-order valence-corrected chi connectivity index (χ3v) is 3.61. The second-order valence-corrected chi connectivity index (χ2v) is 5.16. The van der Waals surface area contributed by atoms with Crippen molar-refractivity contribution in [1.82, 2.24) is 0 Å². The Labute approximate surface area is 195 Å². The smallest absolute Gasteiger partial charge is 1.00 e. The second kappa shape index (κ2) is 16.8. The molecule has 0 spiro atoms. The Bertz CT molecular complexity index is 679. The molecule has 0 radical (unpaired) electrons. The van der Waals surface area contributed by atoms with Gasteiger partial charge in [0.05, 0.1) is 0 Å². The van der Waals surface area contributed by atoms with Crippen molar-refractivity contribution in [1.29, 1.82) is 0 Å². The number of rotatable bonds is 2. The van der Waals surface area contributed by atoms with Gasteiger partial charge in [-0.15, -0.1) is 37.1 Å². The van der Waals surface area contributed by atoms with Crippen molar-refractivity contribution < 1.29 is 51.0 Å². The predicted molar refractivity (Wildman–Crippen MR) is 105 cm³/mol. The van der Waals surface area contributed by atoms with Gasteiger partial charge in [-0.1, -0.05) is 60.7 Å². The summed E-state index contributed by atoms with van der Waals surface area (Å²) in [7, 11) is 0. The van der Waals surface area contributed by atoms with E-state index in [-0.39, 0.29) is 51.0 Å². The molecule has 2 aliphatic carbocycles. The van der Waals surface area contributed by atoms with Crippen LogP contribution in [0.1, 0.15) is 24.0 Å². The summed E-state index contributed by atoms with van der Waals surface area (Å²) >= 11 is 0. The number of hydrogen-bond acceptors (Lipinski definition) is 0. The third-order valence-electron chi connectivity index (χ3n) is 3.61. The van der Waals surface area contributed by atoms with Crippen LogP contribution in [0.4, 0.5) is 0 Å². The Morgan fingerprint density at radius 2 is 0.926 bits per heavy atom. The zero-order valence-corrected chi connectivity index (χ0v) is 19.1. The van der Waals surface area contributed by atoms with Crippen LogP contribution in [0.15, 0.2) is 98.1 Å². The minimum atomic E-state index is 0. The number of hydrogen-bond donors (Lipinski definition) is 0. The molecule has 2 aromatic rings. The van der Waals surface area contributed by atoms with Gasteiger partial charge in [-0.3, -0.25) is 12.2 Å². The molecule has 0 nitrogen and oxygen atoms in total. The Morgan fingerprint density at radius 1 is 0.593 bits per heavy atom. The van der Waals surface area contributed by atoms with E-state index in [1.165, 1.54) is 22.3 Å². The van der Waals surface area contributed by atoms with Crippen molar-refractivity contribution in [3.63, 3.8) is 0 Å². The van der Waals surface area contributed by atoms with Crippen LogP contribution in [0, 0.1) is 12.2 Å². The number of allylic oxidation sites excluding steroid dienone is 8. The maximum atomic E-state index is 3.15. The Hall–Kier alpha value is -1.40. The third kappa shape index (κ3) is 9.38. The van der Waals surface area contributed by atoms with E-state index in [4.69, 9.17) is 0 Å². The molecule has 2 aliphatic rings. The molecule has 0 fully saturated rings. The molecule has 0 saturated carbocycles. The first kappa shape index (κ1) is 27.8. The van der Waals surface area contributed by atoms with Crippen LogP contribution in [-0.2, 0) is 26.2 Å². The largest absolute Gasteiger partial charge is 4.00 e. The molecule has 27 heavy (non-hydrogen) atoms. The minimum Gasteiger partial charge on any atom is -1.00 e. The fourth-order valence-corrected chi connectivity index (χ4v) is 2.46. The topological polar surface area (TPSA) is 0 Å². The van der Waals surface area contributed by atoms with E-state index in [0.717, 1.165) is 12.8 Å². The van der Waals surface area contributed by atoms with Gasteiger partial charge in [-0.05, 0) is 0 Å². The molecule has 2 aromatic carbocycles. The predicted octanol–water partition coefficient (Wildman–Crippen LogP) is 0.474. The van der Waals surface area contributed by atoms with E-state index in [1.807, 2.05) is 12.1 Å². The van der Waals surface area contributed by atoms with Crippen molar-refractivity contribution >= 4 is 11.1 Å². The van der Waals surface area contributed by atoms with Gasteiger partial charge in [0.25, 0.3) is 0 Å². The summed E-state index contributed by atoms with van der Waals surface area (Å²) in [6.07, 6.45) is 16.7. The first-order valence-electron chi connectivity index (χ1n) is 8.08. The summed E-state index contributed by atoms with van der Waals surface area (Å²) in [5.74, 6) is 0. The van der Waals surface area contributed by atoms with Crippen molar-refractivity contribution in [3.05, 3.63) is 121 Å². The molecule has 3 heteroatoms. The number of benzene rings is 2. The van der Waals surface area contributed by atoms with Gasteiger partial charge in [0, 0.05) is 0 Å². The average Bonchev–Trinajstić information content (AvgIpc) is 3.39. The van der Waals surface area contributed by atoms with Gasteiger partial charge in [-0.2, -0.15) is 23.3 Å². The molecule has 0 aliphatic heterocycles. The minimum absolute atomic E-state index is 0. The molecular formula is C24H22Cl2Zr. The zero-order valence-electron chi connectivity index (χ0n) is 15.2. The summed E-state index contributed by atoms with van der Waals surface area (Å²) in [6, 6.07) is 20.8. The first-order valence-corrected chi connectivity index (χ1v) is 8.08. The molecule has 0 saturated heterocycles. The molecule has 0 N–H and O–H groups in total. The maximum Gasteiger partial charge on any atom is 4.00 e. The van der Waals surface area contributed by atoms with Gasteiger partial charge in [-0.25, -0.2) is 12.2 Å². The Morgan fingerprint density at radius 3 is 1.19 bits per heavy atom. The van der Waals surface area contributed by atoms with Crippen LogP contribution >= 0.6 is 0 Å². The Balaban J connectivity index is 0. The van der Waals surface area contributed by atoms with E-state index in [9.17, 15) is 0 Å². The van der Waals surface area contributed by atoms with Gasteiger partial charge in [0.15, 0.2) is 0 Å². The van der Waals surface area contributed by atoms with E-state index in [1.54, 1.807) is 0 Å². The summed E-state index contributed by atoms with van der Waals surface area (Å²) < 4.78 is 0. The molecule has 0 bridgehead atoms. The van der Waals surface area contributed by atoms with Crippen LogP contribution in [0.2, 0.25) is 0 Å². The normalized spacial score (nSPS) is 12.4. The van der Waals surface area contributed by atoms with Gasteiger partial charge >= 0.3 is 26.2 Å². The van der Waals surface area contributed by atoms with Gasteiger partial charge in [0.1, 0.15) is 0 Å². The van der Waals surface area contributed by atoms with Crippen LogP contribution < -0.4 is 24.8 Å². The average molecular weight is 473 g/mol. The molecule has 0 atom stereocenters. The zero-order chi connectivity index (χ0) is 17.0. The quantitative estimate of drug-likeness (QED) is 0.441. The second-order valence-electron chi connectivity index (χ2n) is 5.16. The summed E-state index contributed by atoms with van der Waals surface area (Å²) in [4.78, 5) is 0. The summed E-state index contributed by atoms with van der Waals surface area (Å²) in [5, 5.41) is 0. The van der Waals surface area contributed by atoms with E-state index in [0.29, 0.717) is 0 Å². The van der Waals surface area contributed by atoms with Crippen molar-refractivity contribution in [2.24, 2.45) is 0 Å². The molecule has 0 amide bonds. The SMILES string of the molecule is C=C.[C-]1=CC(c2ccccc2)=CC1.[C-]1=CC(c2ccccc2)=CC1.[Cl-].[Cl-].[Zr+4]. The van der Waals surface area contributed by atoms with Crippen LogP contribution in [0.3, 0.4) is 0 Å². The van der Waals surface area contributed by atoms with Gasteiger partial charge in [0.2, 0.25) is 0 Å². The molecule has 0 heterocycles. The first-order chi connectivity index (χ1) is 11.9. The molecule has 136 valence electrons. The Kier molecular flexibility index (Phi) is 17.3. The van der Waals surface area contributed by atoms with Gasteiger partial charge < -0.3 is 24.8 Å². The fraction of sp³-hybridized carbons (Fsp3) is 0.0833. The summed E-state index contributed by atoms with van der Waals surface area (Å²) in [6.45, 7) is 6.00. The van der Waals surface area contributed by atoms with E-state index in [2.05, 4.69) is 98.1 Å². The maximum absolute atomic E-state index is 3.15. The van der Waals surface area contributed by atoms with Crippen LogP contribution in [-0.4, -0.2) is 0 Å². The van der Waals surface area contributed by atoms with Crippen LogP contribution in [0.25, 0.3) is 11.1 Å². The van der Waals surface area contributed by atoms with Crippen molar-refractivity contribution in [3.8, 4) is 0 Å². The van der Waals surface area contributed by atoms with E-state index >= 15 is 0 Å². The fourth-order valence-electron chi connectivity index (χ4n) is 2.46. The molecule has 0 unspecified atom stereocenters. The standard InChI is InChI=1S/2C11H9.C2H4.2ClH.Zr/c2*1-2-6-10(7-3-1)11-8-4-5-9-11;1-2;;;/h2*1-3,6-9H,4H2;1-2H2;2*1H;/q2*-1;;;;+4/p-2. The number of halogens is 2. The molecule has 4 rings (SSSR count).